The largest absolute Gasteiger partial charge is 0.277 e. The van der Waals surface area contributed by atoms with E-state index in [2.05, 4.69) is 179 Å². The molecular formula is C52H34N6. The van der Waals surface area contributed by atoms with Crippen molar-refractivity contribution < 1.29 is 0 Å². The van der Waals surface area contributed by atoms with Crippen LogP contribution in [0.4, 0.5) is 0 Å². The summed E-state index contributed by atoms with van der Waals surface area (Å²) in [6.45, 7) is 0. The molecule has 4 heterocycles. The number of aromatic nitrogens is 6. The number of imidazole rings is 1. The summed E-state index contributed by atoms with van der Waals surface area (Å²) in [6.07, 6.45) is 1.88. The van der Waals surface area contributed by atoms with Gasteiger partial charge in [0, 0.05) is 44.9 Å². The maximum Gasteiger partial charge on any atom is 0.165 e. The highest BCUT2D eigenvalue weighted by Gasteiger charge is 2.22. The lowest BCUT2D eigenvalue weighted by atomic mass is 10.0. The number of rotatable bonds is 7. The molecule has 0 saturated carbocycles. The first-order valence-electron chi connectivity index (χ1n) is 19.4. The Labute approximate surface area is 335 Å². The van der Waals surface area contributed by atoms with Crippen molar-refractivity contribution in [3.05, 3.63) is 206 Å². The second-order valence-corrected chi connectivity index (χ2v) is 14.3. The minimum Gasteiger partial charge on any atom is -0.277 e. The maximum atomic E-state index is 5.32. The molecule has 0 aliphatic carbocycles. The molecule has 11 aromatic rings. The second-order valence-electron chi connectivity index (χ2n) is 14.3. The summed E-state index contributed by atoms with van der Waals surface area (Å²) in [5, 5.41) is 2.22. The fourth-order valence-corrected chi connectivity index (χ4v) is 8.10. The van der Waals surface area contributed by atoms with Gasteiger partial charge in [-0.25, -0.2) is 19.9 Å². The molecule has 0 radical (unpaired) electrons. The predicted octanol–water partition coefficient (Wildman–Crippen LogP) is 12.6. The van der Waals surface area contributed by atoms with Crippen molar-refractivity contribution in [3.8, 4) is 73.4 Å². The Hall–Kier alpha value is -7.96. The molecule has 0 aliphatic rings. The number of pyridine rings is 1. The Morgan fingerprint density at radius 1 is 0.362 bits per heavy atom. The summed E-state index contributed by atoms with van der Waals surface area (Å²) in [5.74, 6) is 2.35. The van der Waals surface area contributed by atoms with Gasteiger partial charge in [0.25, 0.3) is 0 Å². The zero-order valence-electron chi connectivity index (χ0n) is 31.3. The van der Waals surface area contributed by atoms with Crippen LogP contribution in [0.15, 0.2) is 206 Å². The van der Waals surface area contributed by atoms with Crippen LogP contribution >= 0.6 is 0 Å². The van der Waals surface area contributed by atoms with E-state index in [-0.39, 0.29) is 0 Å². The standard InChI is InChI=1S/C52H34N6/c1-5-16-36(17-6-1)43-32-33-53-52-46(43)54-50(57(52)42-24-11-4-12-25-42)41-23-15-22-40(34-41)35-28-30-39(31-29-35)49-55-48(38-20-9-3-10-21-38)56-51-45-27-14-13-26-44(45)47(58(49)51)37-18-7-2-8-19-37/h1-34H. The monoisotopic (exact) mass is 742 g/mol. The molecule has 272 valence electrons. The molecule has 6 nitrogen and oxygen atoms in total. The van der Waals surface area contributed by atoms with Crippen molar-refractivity contribution >= 4 is 27.6 Å². The number of hydrogen-bond donors (Lipinski definition) is 0. The Kier molecular flexibility index (Phi) is 8.04. The van der Waals surface area contributed by atoms with Gasteiger partial charge < -0.3 is 0 Å². The van der Waals surface area contributed by atoms with Crippen molar-refractivity contribution in [3.63, 3.8) is 0 Å². The molecule has 0 atom stereocenters. The fourth-order valence-electron chi connectivity index (χ4n) is 8.10. The summed E-state index contributed by atoms with van der Waals surface area (Å²) in [5.41, 5.74) is 13.0. The first-order valence-corrected chi connectivity index (χ1v) is 19.4. The van der Waals surface area contributed by atoms with Crippen molar-refractivity contribution in [1.82, 2.24) is 28.9 Å². The molecule has 0 bridgehead atoms. The van der Waals surface area contributed by atoms with Crippen LogP contribution in [0, 0.1) is 0 Å². The summed E-state index contributed by atoms with van der Waals surface area (Å²) in [7, 11) is 0. The molecule has 0 amide bonds. The zero-order chi connectivity index (χ0) is 38.4. The zero-order valence-corrected chi connectivity index (χ0v) is 31.3. The Bertz CT molecular complexity index is 3240. The lowest BCUT2D eigenvalue weighted by Gasteiger charge is -2.13. The van der Waals surface area contributed by atoms with Crippen molar-refractivity contribution in [2.75, 3.05) is 0 Å². The molecule has 0 saturated heterocycles. The summed E-state index contributed by atoms with van der Waals surface area (Å²) in [4.78, 5) is 20.7. The highest BCUT2D eigenvalue weighted by Crippen LogP contribution is 2.39. The number of nitrogens with zero attached hydrogens (tertiary/aromatic N) is 6. The molecule has 0 aliphatic heterocycles. The highest BCUT2D eigenvalue weighted by atomic mass is 15.1. The molecule has 0 N–H and O–H groups in total. The van der Waals surface area contributed by atoms with Gasteiger partial charge in [-0.3, -0.25) is 8.97 Å². The third-order valence-electron chi connectivity index (χ3n) is 10.8. The van der Waals surface area contributed by atoms with Crippen molar-refractivity contribution in [2.24, 2.45) is 0 Å². The molecule has 11 rings (SSSR count). The van der Waals surface area contributed by atoms with E-state index < -0.39 is 0 Å². The van der Waals surface area contributed by atoms with Crippen LogP contribution in [0.25, 0.3) is 101 Å². The third-order valence-corrected chi connectivity index (χ3v) is 10.8. The lowest BCUT2D eigenvalue weighted by molar-refractivity contribution is 1.05. The predicted molar refractivity (Wildman–Crippen MR) is 236 cm³/mol. The first kappa shape index (κ1) is 33.4. The highest BCUT2D eigenvalue weighted by molar-refractivity contribution is 6.06. The summed E-state index contributed by atoms with van der Waals surface area (Å²) in [6, 6.07) is 69.4. The minimum absolute atomic E-state index is 0.689. The Morgan fingerprint density at radius 3 is 1.67 bits per heavy atom. The van der Waals surface area contributed by atoms with Gasteiger partial charge >= 0.3 is 0 Å². The van der Waals surface area contributed by atoms with Crippen LogP contribution < -0.4 is 0 Å². The van der Waals surface area contributed by atoms with Gasteiger partial charge in [-0.2, -0.15) is 0 Å². The molecule has 6 heteroatoms. The van der Waals surface area contributed by atoms with Gasteiger partial charge in [-0.05, 0) is 46.5 Å². The normalized spacial score (nSPS) is 11.4. The van der Waals surface area contributed by atoms with E-state index in [1.165, 1.54) is 0 Å². The second kappa shape index (κ2) is 14.0. The van der Waals surface area contributed by atoms with Crippen molar-refractivity contribution in [2.45, 2.75) is 0 Å². The van der Waals surface area contributed by atoms with E-state index >= 15 is 0 Å². The average Bonchev–Trinajstić information content (AvgIpc) is 3.87. The molecule has 58 heavy (non-hydrogen) atoms. The van der Waals surface area contributed by atoms with Gasteiger partial charge in [0.05, 0.1) is 5.69 Å². The van der Waals surface area contributed by atoms with Crippen LogP contribution in [0.5, 0.6) is 0 Å². The lowest BCUT2D eigenvalue weighted by Crippen LogP contribution is -2.03. The van der Waals surface area contributed by atoms with Crippen LogP contribution in [0.2, 0.25) is 0 Å². The number of para-hydroxylation sites is 1. The van der Waals surface area contributed by atoms with Crippen LogP contribution in [-0.2, 0) is 0 Å². The van der Waals surface area contributed by atoms with Crippen LogP contribution in [0.1, 0.15) is 0 Å². The fraction of sp³-hybridized carbons (Fsp3) is 0. The maximum absolute atomic E-state index is 5.32. The van der Waals surface area contributed by atoms with Crippen LogP contribution in [-0.4, -0.2) is 28.9 Å². The summed E-state index contributed by atoms with van der Waals surface area (Å²) >= 11 is 0. The Morgan fingerprint density at radius 2 is 0.948 bits per heavy atom. The van der Waals surface area contributed by atoms with E-state index in [1.54, 1.807) is 0 Å². The molecule has 7 aromatic carbocycles. The van der Waals surface area contributed by atoms with Crippen LogP contribution in [0.3, 0.4) is 0 Å². The van der Waals surface area contributed by atoms with Crippen molar-refractivity contribution in [1.29, 1.82) is 0 Å². The van der Waals surface area contributed by atoms with Gasteiger partial charge in [-0.1, -0.05) is 176 Å². The Balaban J connectivity index is 1.06. The molecule has 4 aromatic heterocycles. The van der Waals surface area contributed by atoms with E-state index in [4.69, 9.17) is 19.9 Å². The summed E-state index contributed by atoms with van der Waals surface area (Å²) < 4.78 is 4.40. The topological polar surface area (TPSA) is 60.9 Å². The number of fused-ring (bicyclic) bond motifs is 4. The smallest absolute Gasteiger partial charge is 0.165 e. The number of benzene rings is 7. The molecule has 0 unspecified atom stereocenters. The number of hydrogen-bond acceptors (Lipinski definition) is 4. The first-order chi connectivity index (χ1) is 28.8. The quantitative estimate of drug-likeness (QED) is 0.163. The van der Waals surface area contributed by atoms with Gasteiger partial charge in [0.2, 0.25) is 0 Å². The molecule has 0 spiro atoms. The van der Waals surface area contributed by atoms with E-state index in [9.17, 15) is 0 Å². The van der Waals surface area contributed by atoms with E-state index in [0.29, 0.717) is 5.82 Å². The SMILES string of the molecule is c1ccc(-c2nc(-c3ccc(-c4cccc(-c5nc6c(-c7ccccc7)ccnc6n5-c5ccccc5)c4)cc3)n3c(-c4ccccc4)c4ccccc4c3n2)cc1. The third kappa shape index (κ3) is 5.66. The van der Waals surface area contributed by atoms with Gasteiger partial charge in [0.15, 0.2) is 11.5 Å². The molecule has 0 fully saturated rings. The van der Waals surface area contributed by atoms with Gasteiger partial charge in [0.1, 0.15) is 22.8 Å². The van der Waals surface area contributed by atoms with Gasteiger partial charge in [-0.15, -0.1) is 0 Å². The minimum atomic E-state index is 0.689. The average molecular weight is 743 g/mol. The van der Waals surface area contributed by atoms with E-state index in [1.807, 2.05) is 36.5 Å². The van der Waals surface area contributed by atoms with E-state index in [0.717, 1.165) is 95.1 Å². The molecular weight excluding hydrogens is 709 g/mol.